The van der Waals surface area contributed by atoms with E-state index in [0.717, 1.165) is 32.8 Å². The molecule has 0 aromatic heterocycles. The molecule has 1 aliphatic heterocycles. The van der Waals surface area contributed by atoms with Gasteiger partial charge in [-0.1, -0.05) is 6.58 Å². The zero-order valence-electron chi connectivity index (χ0n) is 17.7. The quantitative estimate of drug-likeness (QED) is 0.476. The number of likely N-dealkylation sites (N-methyl/N-ethyl adjacent to an activating group) is 2. The molecule has 0 aliphatic carbocycles. The topological polar surface area (TPSA) is 52.0 Å². The first-order chi connectivity index (χ1) is 12.3. The van der Waals surface area contributed by atoms with Crippen molar-refractivity contribution >= 4 is 6.34 Å². The molecule has 1 N–H and O–H groups in total. The fourth-order valence-electron chi connectivity index (χ4n) is 3.70. The van der Waals surface area contributed by atoms with Crippen molar-refractivity contribution in [2.75, 3.05) is 47.0 Å². The van der Waals surface area contributed by atoms with Crippen molar-refractivity contribution in [3.05, 3.63) is 24.0 Å². The highest BCUT2D eigenvalue weighted by Gasteiger charge is 2.39. The van der Waals surface area contributed by atoms with Crippen molar-refractivity contribution in [2.45, 2.75) is 52.3 Å². The van der Waals surface area contributed by atoms with Crippen LogP contribution >= 0.6 is 0 Å². The van der Waals surface area contributed by atoms with Gasteiger partial charge < -0.3 is 19.3 Å². The maximum Gasteiger partial charge on any atom is 0.108 e. The van der Waals surface area contributed by atoms with Crippen LogP contribution in [0.1, 0.15) is 34.6 Å². The number of hydrogen-bond donors (Lipinski definition) is 1. The van der Waals surface area contributed by atoms with Gasteiger partial charge in [0.15, 0.2) is 0 Å². The van der Waals surface area contributed by atoms with Crippen molar-refractivity contribution in [1.82, 2.24) is 14.7 Å². The molecule has 1 rings (SSSR count). The van der Waals surface area contributed by atoms with Crippen molar-refractivity contribution in [1.29, 1.82) is 5.41 Å². The van der Waals surface area contributed by atoms with Gasteiger partial charge in [0.25, 0.3) is 0 Å². The van der Waals surface area contributed by atoms with Crippen LogP contribution in [0.5, 0.6) is 0 Å². The number of ether oxygens (including phenoxy) is 2. The van der Waals surface area contributed by atoms with E-state index in [1.807, 2.05) is 18.1 Å². The van der Waals surface area contributed by atoms with Gasteiger partial charge in [0.1, 0.15) is 5.60 Å². The normalized spacial score (nSPS) is 21.2. The summed E-state index contributed by atoms with van der Waals surface area (Å²) >= 11 is 0. The summed E-state index contributed by atoms with van der Waals surface area (Å²) in [4.78, 5) is 6.55. The zero-order chi connectivity index (χ0) is 19.9. The van der Waals surface area contributed by atoms with E-state index >= 15 is 0 Å². The Labute approximate surface area is 159 Å². The molecule has 1 fully saturated rings. The van der Waals surface area contributed by atoms with E-state index in [-0.39, 0.29) is 12.1 Å². The molecular formula is C20H38N4O2. The van der Waals surface area contributed by atoms with E-state index in [0.29, 0.717) is 0 Å². The molecule has 2 unspecified atom stereocenters. The van der Waals surface area contributed by atoms with Crippen LogP contribution in [0.25, 0.3) is 0 Å². The minimum Gasteiger partial charge on any atom is -0.379 e. The number of rotatable bonds is 10. The Morgan fingerprint density at radius 2 is 1.96 bits per heavy atom. The molecule has 0 spiro atoms. The van der Waals surface area contributed by atoms with Crippen molar-refractivity contribution in [3.63, 3.8) is 0 Å². The molecule has 0 radical (unpaired) electrons. The predicted molar refractivity (Wildman–Crippen MR) is 109 cm³/mol. The molecule has 6 nitrogen and oxygen atoms in total. The SMILES string of the molecule is C=CN(CC)/C(=C(/C)C(C)(OC)[C@@H](C)N(C)C=N)C(C)N1CCOCC1. The molecule has 26 heavy (non-hydrogen) atoms. The minimum absolute atomic E-state index is 0.0143. The lowest BCUT2D eigenvalue weighted by atomic mass is 9.85. The summed E-state index contributed by atoms with van der Waals surface area (Å²) in [5, 5.41) is 7.62. The largest absolute Gasteiger partial charge is 0.379 e. The van der Waals surface area contributed by atoms with Crippen LogP contribution in [-0.4, -0.2) is 85.7 Å². The molecule has 0 bridgehead atoms. The average Bonchev–Trinajstić information content (AvgIpc) is 2.69. The Balaban J connectivity index is 3.43. The summed E-state index contributed by atoms with van der Waals surface area (Å²) in [7, 11) is 3.66. The second-order valence-electron chi connectivity index (χ2n) is 7.08. The van der Waals surface area contributed by atoms with Crippen LogP contribution in [0.15, 0.2) is 24.0 Å². The van der Waals surface area contributed by atoms with Gasteiger partial charge in [-0.25, -0.2) is 0 Å². The van der Waals surface area contributed by atoms with E-state index < -0.39 is 5.60 Å². The Hall–Kier alpha value is -1.37. The number of methoxy groups -OCH3 is 1. The van der Waals surface area contributed by atoms with E-state index in [4.69, 9.17) is 14.9 Å². The van der Waals surface area contributed by atoms with Gasteiger partial charge in [0, 0.05) is 45.5 Å². The minimum atomic E-state index is -0.529. The summed E-state index contributed by atoms with van der Waals surface area (Å²) in [5.74, 6) is 0. The highest BCUT2D eigenvalue weighted by Crippen LogP contribution is 2.33. The maximum absolute atomic E-state index is 7.62. The average molecular weight is 367 g/mol. The predicted octanol–water partition coefficient (Wildman–Crippen LogP) is 2.78. The van der Waals surface area contributed by atoms with E-state index in [1.54, 1.807) is 7.11 Å². The lowest BCUT2D eigenvalue weighted by molar-refractivity contribution is -0.0137. The van der Waals surface area contributed by atoms with Crippen LogP contribution < -0.4 is 0 Å². The number of morpholine rings is 1. The maximum atomic E-state index is 7.62. The smallest absolute Gasteiger partial charge is 0.108 e. The lowest BCUT2D eigenvalue weighted by Gasteiger charge is -2.44. The Kier molecular flexibility index (Phi) is 8.80. The van der Waals surface area contributed by atoms with Crippen molar-refractivity contribution in [3.8, 4) is 0 Å². The standard InChI is InChI=1S/C20H38N4O2/c1-9-23(10-2)19(17(4)24-11-13-26-14-12-24)16(3)20(6,25-8)18(5)22(7)15-21/h9,15,17-18,21H,1,10-14H2,2-8H3/b19-16-,21-15?/t17?,18-,20?/m1/s1. The van der Waals surface area contributed by atoms with Crippen molar-refractivity contribution < 1.29 is 9.47 Å². The van der Waals surface area contributed by atoms with Gasteiger partial charge in [-0.3, -0.25) is 10.3 Å². The van der Waals surface area contributed by atoms with Crippen LogP contribution in [0, 0.1) is 5.41 Å². The summed E-state index contributed by atoms with van der Waals surface area (Å²) in [6, 6.07) is 0.240. The van der Waals surface area contributed by atoms with E-state index in [2.05, 4.69) is 51.0 Å². The van der Waals surface area contributed by atoms with Crippen LogP contribution in [0.2, 0.25) is 0 Å². The second kappa shape index (κ2) is 10.1. The number of nitrogens with zero attached hydrogens (tertiary/aromatic N) is 3. The third-order valence-corrected chi connectivity index (χ3v) is 6.02. The van der Waals surface area contributed by atoms with Gasteiger partial charge in [-0.05, 0) is 46.4 Å². The molecule has 1 saturated heterocycles. The summed E-state index contributed by atoms with van der Waals surface area (Å²) in [6.45, 7) is 19.0. The van der Waals surface area contributed by atoms with Gasteiger partial charge >= 0.3 is 0 Å². The Morgan fingerprint density at radius 1 is 1.38 bits per heavy atom. The zero-order valence-corrected chi connectivity index (χ0v) is 17.7. The van der Waals surface area contributed by atoms with Gasteiger partial charge in [-0.2, -0.15) is 0 Å². The molecule has 0 aromatic rings. The molecule has 150 valence electrons. The molecule has 0 aromatic carbocycles. The first kappa shape index (κ1) is 22.7. The first-order valence-electron chi connectivity index (χ1n) is 9.48. The van der Waals surface area contributed by atoms with Gasteiger partial charge in [-0.15, -0.1) is 0 Å². The molecule has 0 saturated carbocycles. The third kappa shape index (κ3) is 4.67. The molecular weight excluding hydrogens is 328 g/mol. The first-order valence-corrected chi connectivity index (χ1v) is 9.48. The van der Waals surface area contributed by atoms with Crippen molar-refractivity contribution in [2.24, 2.45) is 0 Å². The fourth-order valence-corrected chi connectivity index (χ4v) is 3.70. The molecule has 3 atom stereocenters. The van der Waals surface area contributed by atoms with Crippen LogP contribution in [-0.2, 0) is 9.47 Å². The number of hydrogen-bond acceptors (Lipinski definition) is 5. The Bertz CT molecular complexity index is 502. The monoisotopic (exact) mass is 366 g/mol. The van der Waals surface area contributed by atoms with Crippen LogP contribution in [0.3, 0.4) is 0 Å². The third-order valence-electron chi connectivity index (χ3n) is 6.02. The van der Waals surface area contributed by atoms with Crippen LogP contribution in [0.4, 0.5) is 0 Å². The molecule has 1 aliphatic rings. The summed E-state index contributed by atoms with van der Waals surface area (Å²) in [5.41, 5.74) is 1.86. The second-order valence-corrected chi connectivity index (χ2v) is 7.08. The fraction of sp³-hybridized carbons (Fsp3) is 0.750. The molecule has 1 heterocycles. The van der Waals surface area contributed by atoms with Gasteiger partial charge in [0.05, 0.1) is 25.6 Å². The number of nitrogens with one attached hydrogen (secondary N) is 1. The lowest BCUT2D eigenvalue weighted by Crippen LogP contribution is -2.52. The summed E-state index contributed by atoms with van der Waals surface area (Å²) in [6.07, 6.45) is 3.25. The Morgan fingerprint density at radius 3 is 2.38 bits per heavy atom. The highest BCUT2D eigenvalue weighted by molar-refractivity contribution is 5.51. The molecule has 6 heteroatoms. The molecule has 0 amide bonds. The van der Waals surface area contributed by atoms with E-state index in [1.165, 1.54) is 17.6 Å². The van der Waals surface area contributed by atoms with E-state index in [9.17, 15) is 0 Å². The van der Waals surface area contributed by atoms with Gasteiger partial charge in [0.2, 0.25) is 0 Å². The highest BCUT2D eigenvalue weighted by atomic mass is 16.5. The summed E-state index contributed by atoms with van der Waals surface area (Å²) < 4.78 is 11.6.